The minimum absolute atomic E-state index is 0.208. The monoisotopic (exact) mass is 252 g/mol. The van der Waals surface area contributed by atoms with Gasteiger partial charge in [-0.3, -0.25) is 0 Å². The normalized spacial score (nSPS) is 43.5. The first kappa shape index (κ1) is 12.6. The van der Waals surface area contributed by atoms with Gasteiger partial charge in [-0.15, -0.1) is 0 Å². The number of thioether (sulfide) groups is 1. The van der Waals surface area contributed by atoms with E-state index in [1.54, 1.807) is 11.8 Å². The highest BCUT2D eigenvalue weighted by Gasteiger charge is 2.59. The van der Waals surface area contributed by atoms with Crippen LogP contribution in [0, 0.1) is 5.41 Å². The molecule has 0 aromatic carbocycles. The predicted molar refractivity (Wildman–Crippen MR) is 59.8 cm³/mol. The lowest BCUT2D eigenvalue weighted by atomic mass is 9.69. The van der Waals surface area contributed by atoms with E-state index in [0.29, 0.717) is 12.2 Å². The van der Waals surface area contributed by atoms with Crippen LogP contribution in [0.4, 0.5) is 8.78 Å². The maximum absolute atomic E-state index is 13.3. The molecule has 0 bridgehead atoms. The summed E-state index contributed by atoms with van der Waals surface area (Å²) in [5.74, 6) is -1.27. The summed E-state index contributed by atoms with van der Waals surface area (Å²) in [5, 5.41) is 20.0. The summed E-state index contributed by atoms with van der Waals surface area (Å²) < 4.78 is 26.6. The second kappa shape index (κ2) is 4.10. The molecule has 0 radical (unpaired) electrons. The summed E-state index contributed by atoms with van der Waals surface area (Å²) in [5.41, 5.74) is -2.09. The Balaban J connectivity index is 2.21. The van der Waals surface area contributed by atoms with Gasteiger partial charge in [0.15, 0.2) is 0 Å². The molecular formula is C11H18F2O2S. The Morgan fingerprint density at radius 2 is 1.94 bits per heavy atom. The molecule has 2 atom stereocenters. The Bertz CT molecular complexity index is 267. The van der Waals surface area contributed by atoms with Crippen molar-refractivity contribution in [2.75, 3.05) is 18.1 Å². The standard InChI is InChI=1S/C11H18F2O2S/c12-11(13)4-3-9(6-11,7-14)10(15)2-1-5-16-8-10/h14-15H,1-8H2. The molecule has 1 aliphatic carbocycles. The summed E-state index contributed by atoms with van der Waals surface area (Å²) in [6.07, 6.45) is 1.03. The van der Waals surface area contributed by atoms with Crippen molar-refractivity contribution in [3.05, 3.63) is 0 Å². The van der Waals surface area contributed by atoms with Gasteiger partial charge >= 0.3 is 0 Å². The molecule has 0 aromatic heterocycles. The van der Waals surface area contributed by atoms with Crippen LogP contribution in [0.1, 0.15) is 32.1 Å². The second-order valence-electron chi connectivity index (χ2n) is 5.16. The van der Waals surface area contributed by atoms with Crippen LogP contribution in [0.15, 0.2) is 0 Å². The van der Waals surface area contributed by atoms with Crippen molar-refractivity contribution in [3.63, 3.8) is 0 Å². The van der Waals surface area contributed by atoms with Gasteiger partial charge in [-0.25, -0.2) is 8.78 Å². The molecule has 16 heavy (non-hydrogen) atoms. The van der Waals surface area contributed by atoms with Crippen molar-refractivity contribution in [2.24, 2.45) is 5.41 Å². The molecule has 0 spiro atoms. The van der Waals surface area contributed by atoms with Gasteiger partial charge in [-0.05, 0) is 25.0 Å². The summed E-state index contributed by atoms with van der Waals surface area (Å²) in [4.78, 5) is 0. The van der Waals surface area contributed by atoms with Gasteiger partial charge in [-0.1, -0.05) is 0 Å². The topological polar surface area (TPSA) is 40.5 Å². The van der Waals surface area contributed by atoms with E-state index in [2.05, 4.69) is 0 Å². The Morgan fingerprint density at radius 1 is 1.19 bits per heavy atom. The Labute approximate surface area is 98.4 Å². The van der Waals surface area contributed by atoms with Crippen molar-refractivity contribution in [3.8, 4) is 0 Å². The molecule has 2 fully saturated rings. The molecule has 0 aromatic rings. The average molecular weight is 252 g/mol. The molecular weight excluding hydrogens is 234 g/mol. The molecule has 1 heterocycles. The van der Waals surface area contributed by atoms with Gasteiger partial charge in [0.2, 0.25) is 5.92 Å². The van der Waals surface area contributed by atoms with Crippen LogP contribution in [0.2, 0.25) is 0 Å². The van der Waals surface area contributed by atoms with Crippen molar-refractivity contribution >= 4 is 11.8 Å². The van der Waals surface area contributed by atoms with Crippen molar-refractivity contribution in [1.29, 1.82) is 0 Å². The van der Waals surface area contributed by atoms with Crippen molar-refractivity contribution in [2.45, 2.75) is 43.6 Å². The van der Waals surface area contributed by atoms with Gasteiger partial charge in [-0.2, -0.15) is 11.8 Å². The Morgan fingerprint density at radius 3 is 2.38 bits per heavy atom. The van der Waals surface area contributed by atoms with Crippen LogP contribution < -0.4 is 0 Å². The van der Waals surface area contributed by atoms with E-state index < -0.39 is 16.9 Å². The number of rotatable bonds is 2. The molecule has 2 N–H and O–H groups in total. The maximum Gasteiger partial charge on any atom is 0.248 e. The lowest BCUT2D eigenvalue weighted by molar-refractivity contribution is -0.115. The van der Waals surface area contributed by atoms with E-state index >= 15 is 0 Å². The Hall–Kier alpha value is 0.130. The molecule has 0 amide bonds. The predicted octanol–water partition coefficient (Wildman–Crippen LogP) is 2.04. The molecule has 2 nitrogen and oxygen atoms in total. The SMILES string of the molecule is OCC1(C2(O)CCCSC2)CCC(F)(F)C1. The van der Waals surface area contributed by atoms with Crippen LogP contribution in [0.5, 0.6) is 0 Å². The lowest BCUT2D eigenvalue weighted by Gasteiger charge is -2.46. The average Bonchev–Trinajstić information content (AvgIpc) is 2.57. The number of aliphatic hydroxyl groups is 2. The third kappa shape index (κ3) is 1.97. The summed E-state index contributed by atoms with van der Waals surface area (Å²) >= 11 is 1.60. The number of alkyl halides is 2. The van der Waals surface area contributed by atoms with Crippen LogP contribution in [0.25, 0.3) is 0 Å². The largest absolute Gasteiger partial charge is 0.396 e. The number of aliphatic hydroxyl groups excluding tert-OH is 1. The van der Waals surface area contributed by atoms with E-state index in [9.17, 15) is 19.0 Å². The van der Waals surface area contributed by atoms with Crippen molar-refractivity contribution < 1.29 is 19.0 Å². The van der Waals surface area contributed by atoms with Gasteiger partial charge in [0, 0.05) is 24.0 Å². The number of hydrogen-bond donors (Lipinski definition) is 2. The third-order valence-electron chi connectivity index (χ3n) is 4.08. The van der Waals surface area contributed by atoms with E-state index in [1.165, 1.54) is 0 Å². The first-order valence-corrected chi connectivity index (χ1v) is 6.87. The van der Waals surface area contributed by atoms with Gasteiger partial charge < -0.3 is 10.2 Å². The van der Waals surface area contributed by atoms with E-state index in [-0.39, 0.29) is 25.9 Å². The summed E-state index contributed by atoms with van der Waals surface area (Å²) in [6, 6.07) is 0. The minimum atomic E-state index is -2.72. The highest BCUT2D eigenvalue weighted by atomic mass is 32.2. The fourth-order valence-corrected chi connectivity index (χ4v) is 4.25. The number of halogens is 2. The molecule has 1 saturated carbocycles. The minimum Gasteiger partial charge on any atom is -0.396 e. The maximum atomic E-state index is 13.3. The Kier molecular flexibility index (Phi) is 3.23. The van der Waals surface area contributed by atoms with Crippen LogP contribution in [-0.2, 0) is 0 Å². The third-order valence-corrected chi connectivity index (χ3v) is 5.34. The molecule has 94 valence electrons. The molecule has 1 aliphatic heterocycles. The highest BCUT2D eigenvalue weighted by Crippen LogP contribution is 2.55. The zero-order valence-electron chi connectivity index (χ0n) is 9.22. The summed E-state index contributed by atoms with van der Waals surface area (Å²) in [7, 11) is 0. The molecule has 2 rings (SSSR count). The fraction of sp³-hybridized carbons (Fsp3) is 1.00. The number of hydrogen-bond acceptors (Lipinski definition) is 3. The lowest BCUT2D eigenvalue weighted by Crippen LogP contribution is -2.53. The second-order valence-corrected chi connectivity index (χ2v) is 6.26. The molecule has 2 unspecified atom stereocenters. The first-order chi connectivity index (χ1) is 7.43. The quantitative estimate of drug-likeness (QED) is 0.790. The van der Waals surface area contributed by atoms with E-state index in [4.69, 9.17) is 0 Å². The van der Waals surface area contributed by atoms with E-state index in [1.807, 2.05) is 0 Å². The highest BCUT2D eigenvalue weighted by molar-refractivity contribution is 7.99. The van der Waals surface area contributed by atoms with Crippen LogP contribution in [0.3, 0.4) is 0 Å². The molecule has 2 aliphatic rings. The van der Waals surface area contributed by atoms with Gasteiger partial charge in [0.05, 0.1) is 12.2 Å². The van der Waals surface area contributed by atoms with Crippen LogP contribution >= 0.6 is 11.8 Å². The van der Waals surface area contributed by atoms with E-state index in [0.717, 1.165) is 12.2 Å². The smallest absolute Gasteiger partial charge is 0.248 e. The molecule has 1 saturated heterocycles. The van der Waals surface area contributed by atoms with Crippen LogP contribution in [-0.4, -0.2) is 39.8 Å². The van der Waals surface area contributed by atoms with Crippen molar-refractivity contribution in [1.82, 2.24) is 0 Å². The fourth-order valence-electron chi connectivity index (χ4n) is 2.97. The van der Waals surface area contributed by atoms with Gasteiger partial charge in [0.1, 0.15) is 0 Å². The molecule has 5 heteroatoms. The zero-order valence-corrected chi connectivity index (χ0v) is 10.0. The summed E-state index contributed by atoms with van der Waals surface area (Å²) in [6.45, 7) is -0.334. The van der Waals surface area contributed by atoms with Gasteiger partial charge in [0.25, 0.3) is 0 Å². The zero-order chi connectivity index (χ0) is 11.9. The first-order valence-electron chi connectivity index (χ1n) is 5.72.